The minimum absolute atomic E-state index is 0.195. The molecule has 170 valence electrons. The zero-order valence-corrected chi connectivity index (χ0v) is 22.5. The van der Waals surface area contributed by atoms with Crippen LogP contribution in [0.4, 0.5) is 5.69 Å². The quantitative estimate of drug-likeness (QED) is 0.233. The van der Waals surface area contributed by atoms with Crippen LogP contribution in [0.25, 0.3) is 0 Å². The maximum Gasteiger partial charge on any atom is 0.271 e. The van der Waals surface area contributed by atoms with Crippen LogP contribution >= 0.6 is 47.8 Å². The molecule has 6 nitrogen and oxygen atoms in total. The summed E-state index contributed by atoms with van der Waals surface area (Å²) >= 11 is 10.2. The average Bonchev–Trinajstić information content (AvgIpc) is 2.76. The highest BCUT2D eigenvalue weighted by Crippen LogP contribution is 2.32. The summed E-state index contributed by atoms with van der Waals surface area (Å²) in [7, 11) is 0. The number of halogens is 3. The number of carbonyl (C=O) groups is 2. The molecule has 0 saturated heterocycles. The van der Waals surface area contributed by atoms with Gasteiger partial charge in [0.15, 0.2) is 6.61 Å². The number of nitrogens with one attached hydrogen (secondary N) is 2. The first-order valence-corrected chi connectivity index (χ1v) is 12.2. The predicted molar refractivity (Wildman–Crippen MR) is 141 cm³/mol. The van der Waals surface area contributed by atoms with Crippen LogP contribution in [0.5, 0.6) is 5.75 Å². The second-order valence-corrected chi connectivity index (χ2v) is 9.78. The molecule has 0 radical (unpaired) electrons. The third-order valence-corrected chi connectivity index (χ3v) is 6.32. The van der Waals surface area contributed by atoms with Crippen molar-refractivity contribution in [2.75, 3.05) is 11.9 Å². The van der Waals surface area contributed by atoms with E-state index in [0.717, 1.165) is 25.8 Å². The average molecular weight is 638 g/mol. The van der Waals surface area contributed by atoms with E-state index in [9.17, 15) is 9.59 Å². The van der Waals surface area contributed by atoms with Crippen LogP contribution in [-0.2, 0) is 4.79 Å². The van der Waals surface area contributed by atoms with Crippen molar-refractivity contribution in [3.63, 3.8) is 0 Å². The molecule has 0 aliphatic rings. The number of amides is 2. The molecule has 2 amide bonds. The van der Waals surface area contributed by atoms with Crippen molar-refractivity contribution in [1.82, 2.24) is 5.43 Å². The van der Waals surface area contributed by atoms with Gasteiger partial charge in [0.05, 0.1) is 10.7 Å². The molecule has 0 fully saturated rings. The van der Waals surface area contributed by atoms with Crippen LogP contribution in [0, 0.1) is 13.8 Å². The van der Waals surface area contributed by atoms with E-state index in [0.29, 0.717) is 21.3 Å². The van der Waals surface area contributed by atoms with Crippen LogP contribution in [0.3, 0.4) is 0 Å². The number of anilines is 1. The van der Waals surface area contributed by atoms with Crippen molar-refractivity contribution in [1.29, 1.82) is 0 Å². The van der Waals surface area contributed by atoms with Crippen molar-refractivity contribution in [2.24, 2.45) is 5.10 Å². The molecule has 0 aliphatic heterocycles. The minimum Gasteiger partial charge on any atom is -0.482 e. The van der Waals surface area contributed by atoms with Gasteiger partial charge < -0.3 is 10.1 Å². The number of rotatable bonds is 7. The van der Waals surface area contributed by atoms with Gasteiger partial charge in [0.25, 0.3) is 11.8 Å². The predicted octanol–water partition coefficient (Wildman–Crippen LogP) is 6.37. The van der Waals surface area contributed by atoms with Crippen molar-refractivity contribution in [2.45, 2.75) is 13.8 Å². The van der Waals surface area contributed by atoms with Gasteiger partial charge in [-0.05, 0) is 83.4 Å². The number of hydrogen-bond donors (Lipinski definition) is 2. The first-order chi connectivity index (χ1) is 15.7. The maximum absolute atomic E-state index is 12.5. The zero-order chi connectivity index (χ0) is 24.0. The largest absolute Gasteiger partial charge is 0.482 e. The zero-order valence-electron chi connectivity index (χ0n) is 17.8. The molecular formula is C24H20Br3N3O3. The summed E-state index contributed by atoms with van der Waals surface area (Å²) in [5, 5.41) is 6.91. The Labute approximate surface area is 217 Å². The molecule has 0 heterocycles. The lowest BCUT2D eigenvalue weighted by Gasteiger charge is -2.13. The molecule has 3 aromatic carbocycles. The molecule has 9 heteroatoms. The fraction of sp³-hybridized carbons (Fsp3) is 0.125. The standard InChI is InChI=1S/C24H20Br3N3O3/c1-14-4-3-5-21(15(14)2)29-22(31)13-33-23-17(10-19(26)11-20(23)27)12-28-30-24(32)16-6-8-18(25)9-7-16/h3-12H,13H2,1-2H3,(H,29,31)(H,30,32)/b28-12+. The number of hydrazone groups is 1. The molecule has 3 rings (SSSR count). The van der Waals surface area contributed by atoms with E-state index in [2.05, 4.69) is 63.6 Å². The molecule has 2 N–H and O–H groups in total. The van der Waals surface area contributed by atoms with Crippen LogP contribution in [0.2, 0.25) is 0 Å². The van der Waals surface area contributed by atoms with Crippen LogP contribution in [0.1, 0.15) is 27.0 Å². The molecule has 33 heavy (non-hydrogen) atoms. The number of carbonyl (C=O) groups excluding carboxylic acids is 2. The van der Waals surface area contributed by atoms with Gasteiger partial charge in [-0.25, -0.2) is 5.43 Å². The molecule has 0 bridgehead atoms. The Morgan fingerprint density at radius 3 is 2.45 bits per heavy atom. The summed E-state index contributed by atoms with van der Waals surface area (Å²) < 4.78 is 8.09. The van der Waals surface area contributed by atoms with Gasteiger partial charge in [0, 0.05) is 25.8 Å². The van der Waals surface area contributed by atoms with Gasteiger partial charge >= 0.3 is 0 Å². The highest BCUT2D eigenvalue weighted by Gasteiger charge is 2.13. The van der Waals surface area contributed by atoms with Crippen molar-refractivity contribution in [3.8, 4) is 5.75 Å². The normalized spacial score (nSPS) is 10.8. The van der Waals surface area contributed by atoms with E-state index in [1.165, 1.54) is 6.21 Å². The molecule has 0 aromatic heterocycles. The molecule has 0 aliphatic carbocycles. The first kappa shape index (κ1) is 25.1. The summed E-state index contributed by atoms with van der Waals surface area (Å²) in [5.74, 6) is -0.205. The summed E-state index contributed by atoms with van der Waals surface area (Å²) in [6, 6.07) is 16.2. The fourth-order valence-electron chi connectivity index (χ4n) is 2.87. The van der Waals surface area contributed by atoms with Gasteiger partial charge in [-0.1, -0.05) is 44.0 Å². The lowest BCUT2D eigenvalue weighted by atomic mass is 10.1. The molecule has 0 saturated carbocycles. The van der Waals surface area contributed by atoms with Gasteiger partial charge in [-0.3, -0.25) is 9.59 Å². The second kappa shape index (κ2) is 11.6. The van der Waals surface area contributed by atoms with E-state index < -0.39 is 0 Å². The Morgan fingerprint density at radius 2 is 1.73 bits per heavy atom. The van der Waals surface area contributed by atoms with E-state index in [-0.39, 0.29) is 18.4 Å². The van der Waals surface area contributed by atoms with Gasteiger partial charge in [-0.2, -0.15) is 5.10 Å². The second-order valence-electron chi connectivity index (χ2n) is 7.10. The Bertz CT molecular complexity index is 1210. The number of aryl methyl sites for hydroxylation is 1. The highest BCUT2D eigenvalue weighted by molar-refractivity contribution is 9.11. The van der Waals surface area contributed by atoms with E-state index in [1.807, 2.05) is 32.0 Å². The molecule has 0 atom stereocenters. The highest BCUT2D eigenvalue weighted by atomic mass is 79.9. The Balaban J connectivity index is 1.69. The number of benzene rings is 3. The van der Waals surface area contributed by atoms with E-state index >= 15 is 0 Å². The van der Waals surface area contributed by atoms with Crippen molar-refractivity contribution in [3.05, 3.63) is 90.3 Å². The van der Waals surface area contributed by atoms with Crippen molar-refractivity contribution >= 4 is 71.5 Å². The van der Waals surface area contributed by atoms with Crippen molar-refractivity contribution < 1.29 is 14.3 Å². The third-order valence-electron chi connectivity index (χ3n) is 4.74. The molecule has 0 spiro atoms. The van der Waals surface area contributed by atoms with Crippen LogP contribution in [0.15, 0.2) is 73.1 Å². The lowest BCUT2D eigenvalue weighted by molar-refractivity contribution is -0.118. The molecule has 0 unspecified atom stereocenters. The number of ether oxygens (including phenoxy) is 1. The Kier molecular flexibility index (Phi) is 8.82. The van der Waals surface area contributed by atoms with Gasteiger partial charge in [0.1, 0.15) is 5.75 Å². The lowest BCUT2D eigenvalue weighted by Crippen LogP contribution is -2.21. The summed E-state index contributed by atoms with van der Waals surface area (Å²) in [6.07, 6.45) is 1.46. The number of hydrogen-bond acceptors (Lipinski definition) is 4. The van der Waals surface area contributed by atoms with E-state index in [4.69, 9.17) is 4.74 Å². The van der Waals surface area contributed by atoms with E-state index in [1.54, 1.807) is 36.4 Å². The summed E-state index contributed by atoms with van der Waals surface area (Å²) in [4.78, 5) is 24.7. The monoisotopic (exact) mass is 635 g/mol. The Morgan fingerprint density at radius 1 is 1.00 bits per heavy atom. The van der Waals surface area contributed by atoms with Gasteiger partial charge in [0.2, 0.25) is 0 Å². The maximum atomic E-state index is 12.5. The Hall–Kier alpha value is -2.49. The minimum atomic E-state index is -0.344. The summed E-state index contributed by atoms with van der Waals surface area (Å²) in [5.41, 5.74) is 6.39. The van der Waals surface area contributed by atoms with Crippen LogP contribution < -0.4 is 15.5 Å². The smallest absolute Gasteiger partial charge is 0.271 e. The number of nitrogens with zero attached hydrogens (tertiary/aromatic N) is 1. The summed E-state index contributed by atoms with van der Waals surface area (Å²) in [6.45, 7) is 3.75. The topological polar surface area (TPSA) is 79.8 Å². The van der Waals surface area contributed by atoms with Crippen LogP contribution in [-0.4, -0.2) is 24.6 Å². The van der Waals surface area contributed by atoms with Gasteiger partial charge in [-0.15, -0.1) is 0 Å². The third kappa shape index (κ3) is 6.99. The SMILES string of the molecule is Cc1cccc(NC(=O)COc2c(Br)cc(Br)cc2/C=N/NC(=O)c2ccc(Br)cc2)c1C. The fourth-order valence-corrected chi connectivity index (χ4v) is 4.50. The molecule has 3 aromatic rings. The molecular weight excluding hydrogens is 618 g/mol. The first-order valence-electron chi connectivity index (χ1n) is 9.81.